The van der Waals surface area contributed by atoms with Gasteiger partial charge in [-0.15, -0.1) is 11.8 Å². The molecule has 1 unspecified atom stereocenters. The molecule has 0 aromatic heterocycles. The van der Waals surface area contributed by atoms with Gasteiger partial charge in [-0.25, -0.2) is 0 Å². The maximum Gasteiger partial charge on any atom is 0.313 e. The molecule has 0 aliphatic carbocycles. The van der Waals surface area contributed by atoms with Gasteiger partial charge < -0.3 is 10.0 Å². The van der Waals surface area contributed by atoms with E-state index in [1.807, 2.05) is 23.1 Å². The third-order valence-corrected chi connectivity index (χ3v) is 4.17. The minimum Gasteiger partial charge on any atom is -0.481 e. The van der Waals surface area contributed by atoms with Gasteiger partial charge in [0.15, 0.2) is 0 Å². The van der Waals surface area contributed by atoms with Crippen LogP contribution in [0.1, 0.15) is 17.9 Å². The summed E-state index contributed by atoms with van der Waals surface area (Å²) in [6.45, 7) is 1.52. The topological polar surface area (TPSA) is 57.6 Å². The Kier molecular flexibility index (Phi) is 4.85. The lowest BCUT2D eigenvalue weighted by Crippen LogP contribution is -2.30. The van der Waals surface area contributed by atoms with Crippen molar-refractivity contribution < 1.29 is 14.7 Å². The third-order valence-electron chi connectivity index (χ3n) is 3.26. The van der Waals surface area contributed by atoms with Gasteiger partial charge in [-0.05, 0) is 12.0 Å². The summed E-state index contributed by atoms with van der Waals surface area (Å²) < 4.78 is 0. The van der Waals surface area contributed by atoms with Crippen LogP contribution >= 0.6 is 11.8 Å². The van der Waals surface area contributed by atoms with Gasteiger partial charge in [0, 0.05) is 19.0 Å². The number of benzene rings is 1. The molecule has 1 saturated heterocycles. The molecule has 0 spiro atoms. The van der Waals surface area contributed by atoms with Crippen molar-refractivity contribution >= 4 is 23.6 Å². The largest absolute Gasteiger partial charge is 0.481 e. The fourth-order valence-corrected chi connectivity index (χ4v) is 2.93. The second-order valence-corrected chi connectivity index (χ2v) is 5.61. The van der Waals surface area contributed by atoms with E-state index in [9.17, 15) is 9.59 Å². The Bertz CT molecular complexity index is 449. The summed E-state index contributed by atoms with van der Waals surface area (Å²) in [5, 5.41) is 8.54. The van der Waals surface area contributed by atoms with Gasteiger partial charge in [-0.1, -0.05) is 30.3 Å². The van der Waals surface area contributed by atoms with Crippen molar-refractivity contribution in [1.82, 2.24) is 4.90 Å². The second-order valence-electron chi connectivity index (χ2n) is 4.62. The van der Waals surface area contributed by atoms with Crippen LogP contribution in [0.25, 0.3) is 0 Å². The minimum atomic E-state index is -0.874. The van der Waals surface area contributed by atoms with Crippen LogP contribution in [0.15, 0.2) is 30.3 Å². The van der Waals surface area contributed by atoms with Gasteiger partial charge in [0.05, 0.1) is 11.5 Å². The number of likely N-dealkylation sites (tertiary alicyclic amines) is 1. The van der Waals surface area contributed by atoms with Crippen molar-refractivity contribution in [3.05, 3.63) is 35.9 Å². The number of hydrogen-bond acceptors (Lipinski definition) is 3. The Morgan fingerprint density at radius 2 is 2.00 bits per heavy atom. The summed E-state index contributed by atoms with van der Waals surface area (Å²) in [6, 6.07) is 10.2. The molecule has 1 aromatic rings. The smallest absolute Gasteiger partial charge is 0.313 e. The van der Waals surface area contributed by atoms with Gasteiger partial charge in [0.2, 0.25) is 5.91 Å². The molecule has 1 heterocycles. The second kappa shape index (κ2) is 6.61. The average molecular weight is 279 g/mol. The zero-order valence-corrected chi connectivity index (χ0v) is 11.4. The van der Waals surface area contributed by atoms with Gasteiger partial charge in [-0.3, -0.25) is 9.59 Å². The third kappa shape index (κ3) is 3.99. The van der Waals surface area contributed by atoms with Crippen molar-refractivity contribution in [3.63, 3.8) is 0 Å². The van der Waals surface area contributed by atoms with Gasteiger partial charge in [0.25, 0.3) is 0 Å². The molecule has 0 bridgehead atoms. The van der Waals surface area contributed by atoms with Crippen LogP contribution in [-0.4, -0.2) is 46.5 Å². The Labute approximate surface area is 116 Å². The summed E-state index contributed by atoms with van der Waals surface area (Å²) in [7, 11) is 0. The predicted octanol–water partition coefficient (Wildman–Crippen LogP) is 1.82. The maximum absolute atomic E-state index is 11.9. The molecule has 1 amide bonds. The summed E-state index contributed by atoms with van der Waals surface area (Å²) in [6.07, 6.45) is 0.985. The first-order chi connectivity index (χ1) is 9.16. The summed E-state index contributed by atoms with van der Waals surface area (Å²) in [4.78, 5) is 24.1. The number of hydrogen-bond donors (Lipinski definition) is 1. The molecule has 2 rings (SSSR count). The van der Waals surface area contributed by atoms with E-state index in [2.05, 4.69) is 12.1 Å². The number of carbonyl (C=O) groups is 2. The van der Waals surface area contributed by atoms with E-state index in [0.717, 1.165) is 31.3 Å². The lowest BCUT2D eigenvalue weighted by Gasteiger charge is -2.16. The monoisotopic (exact) mass is 279 g/mol. The molecule has 1 fully saturated rings. The molecule has 1 aliphatic heterocycles. The SMILES string of the molecule is O=C(O)CSCC(=O)N1CCC(c2ccccc2)C1. The first-order valence-corrected chi connectivity index (χ1v) is 7.44. The van der Waals surface area contributed by atoms with E-state index in [4.69, 9.17) is 5.11 Å². The molecule has 0 radical (unpaired) electrons. The number of aliphatic carboxylic acids is 1. The molecule has 1 atom stereocenters. The number of carboxylic acid groups (broad SMARTS) is 1. The Hall–Kier alpha value is -1.49. The van der Waals surface area contributed by atoms with E-state index in [0.29, 0.717) is 5.92 Å². The zero-order valence-electron chi connectivity index (χ0n) is 10.6. The number of carboxylic acids is 1. The van der Waals surface area contributed by atoms with Crippen LogP contribution in [0.2, 0.25) is 0 Å². The van der Waals surface area contributed by atoms with Crippen LogP contribution < -0.4 is 0 Å². The van der Waals surface area contributed by atoms with E-state index in [1.54, 1.807) is 0 Å². The molecule has 1 N–H and O–H groups in total. The van der Waals surface area contributed by atoms with Crippen LogP contribution in [0.3, 0.4) is 0 Å². The highest BCUT2D eigenvalue weighted by molar-refractivity contribution is 8.00. The molecular weight excluding hydrogens is 262 g/mol. The average Bonchev–Trinajstić information content (AvgIpc) is 2.89. The highest BCUT2D eigenvalue weighted by atomic mass is 32.2. The van der Waals surface area contributed by atoms with Crippen LogP contribution in [-0.2, 0) is 9.59 Å². The fraction of sp³-hybridized carbons (Fsp3) is 0.429. The fourth-order valence-electron chi connectivity index (χ4n) is 2.30. The zero-order chi connectivity index (χ0) is 13.7. The lowest BCUT2D eigenvalue weighted by atomic mass is 9.99. The highest BCUT2D eigenvalue weighted by Gasteiger charge is 2.26. The van der Waals surface area contributed by atoms with Crippen LogP contribution in [0.4, 0.5) is 0 Å². The van der Waals surface area contributed by atoms with Crippen molar-refractivity contribution in [1.29, 1.82) is 0 Å². The predicted molar refractivity (Wildman–Crippen MR) is 75.3 cm³/mol. The molecule has 1 aromatic carbocycles. The van der Waals surface area contributed by atoms with E-state index >= 15 is 0 Å². The van der Waals surface area contributed by atoms with Gasteiger partial charge in [-0.2, -0.15) is 0 Å². The lowest BCUT2D eigenvalue weighted by molar-refractivity contribution is -0.133. The number of thioether (sulfide) groups is 1. The van der Waals surface area contributed by atoms with E-state index in [-0.39, 0.29) is 17.4 Å². The van der Waals surface area contributed by atoms with Gasteiger partial charge in [0.1, 0.15) is 0 Å². The molecule has 102 valence electrons. The summed E-state index contributed by atoms with van der Waals surface area (Å²) in [5.41, 5.74) is 1.27. The van der Waals surface area contributed by atoms with Gasteiger partial charge >= 0.3 is 5.97 Å². The summed E-state index contributed by atoms with van der Waals surface area (Å²) in [5.74, 6) is -0.170. The molecule has 0 saturated carbocycles. The quantitative estimate of drug-likeness (QED) is 0.893. The van der Waals surface area contributed by atoms with E-state index in [1.165, 1.54) is 5.56 Å². The first kappa shape index (κ1) is 13.9. The maximum atomic E-state index is 11.9. The number of rotatable bonds is 5. The van der Waals surface area contributed by atoms with Crippen LogP contribution in [0.5, 0.6) is 0 Å². The molecule has 1 aliphatic rings. The van der Waals surface area contributed by atoms with Crippen molar-refractivity contribution in [3.8, 4) is 0 Å². The minimum absolute atomic E-state index is 0.0122. The molecule has 4 nitrogen and oxygen atoms in total. The number of carbonyl (C=O) groups excluding carboxylic acids is 1. The Balaban J connectivity index is 1.81. The highest BCUT2D eigenvalue weighted by Crippen LogP contribution is 2.27. The van der Waals surface area contributed by atoms with Crippen molar-refractivity contribution in [2.75, 3.05) is 24.6 Å². The van der Waals surface area contributed by atoms with Crippen molar-refractivity contribution in [2.45, 2.75) is 12.3 Å². The van der Waals surface area contributed by atoms with Crippen molar-refractivity contribution in [2.24, 2.45) is 0 Å². The first-order valence-electron chi connectivity index (χ1n) is 6.29. The standard InChI is InChI=1S/C14H17NO3S/c16-13(9-19-10-14(17)18)15-7-6-12(8-15)11-4-2-1-3-5-11/h1-5,12H,6-10H2,(H,17,18). The normalized spacial score (nSPS) is 18.5. The molecular formula is C14H17NO3S. The van der Waals surface area contributed by atoms with Crippen LogP contribution in [0, 0.1) is 0 Å². The number of nitrogens with zero attached hydrogens (tertiary/aromatic N) is 1. The molecule has 5 heteroatoms. The Morgan fingerprint density at radius 3 is 2.68 bits per heavy atom. The van der Waals surface area contributed by atoms with E-state index < -0.39 is 5.97 Å². The number of amides is 1. The summed E-state index contributed by atoms with van der Waals surface area (Å²) >= 11 is 1.16. The Morgan fingerprint density at radius 1 is 1.26 bits per heavy atom. The molecule has 19 heavy (non-hydrogen) atoms.